The average molecular weight is 469 g/mol. The van der Waals surface area contributed by atoms with E-state index in [1.54, 1.807) is 30.4 Å². The number of nitrogens with two attached hydrogens (primary N) is 1. The first kappa shape index (κ1) is 24.5. The summed E-state index contributed by atoms with van der Waals surface area (Å²) in [5, 5.41) is 0. The molecular formula is C23H27N5O6. The molecule has 0 spiro atoms. The van der Waals surface area contributed by atoms with Crippen LogP contribution >= 0.6 is 0 Å². The number of aromatic nitrogens is 4. The van der Waals surface area contributed by atoms with Crippen LogP contribution in [0.15, 0.2) is 46.3 Å². The van der Waals surface area contributed by atoms with E-state index in [1.165, 1.54) is 57.0 Å². The smallest absolute Gasteiger partial charge is 0.332 e. The van der Waals surface area contributed by atoms with Gasteiger partial charge in [0.2, 0.25) is 5.75 Å². The summed E-state index contributed by atoms with van der Waals surface area (Å²) >= 11 is 0. The number of ether oxygens (including phenoxy) is 3. The number of fused-ring (bicyclic) bond motifs is 1. The number of carbonyl (C=O) groups is 1. The predicted molar refractivity (Wildman–Crippen MR) is 127 cm³/mol. The van der Waals surface area contributed by atoms with Gasteiger partial charge in [0.1, 0.15) is 0 Å². The second-order valence-electron chi connectivity index (χ2n) is 7.46. The predicted octanol–water partition coefficient (Wildman–Crippen LogP) is 0.626. The van der Waals surface area contributed by atoms with Gasteiger partial charge in [-0.25, -0.2) is 9.78 Å². The molecule has 11 nitrogen and oxygen atoms in total. The first-order valence-corrected chi connectivity index (χ1v) is 10.3. The molecule has 180 valence electrons. The lowest BCUT2D eigenvalue weighted by Crippen LogP contribution is -2.39. The van der Waals surface area contributed by atoms with Crippen molar-refractivity contribution in [2.75, 3.05) is 21.3 Å². The fraction of sp³-hybridized carbons (Fsp3) is 0.304. The summed E-state index contributed by atoms with van der Waals surface area (Å²) in [4.78, 5) is 41.2. The number of imidazole rings is 1. The van der Waals surface area contributed by atoms with Crippen molar-refractivity contribution >= 4 is 23.0 Å². The van der Waals surface area contributed by atoms with E-state index in [4.69, 9.17) is 19.9 Å². The van der Waals surface area contributed by atoms with E-state index < -0.39 is 17.3 Å². The van der Waals surface area contributed by atoms with E-state index >= 15 is 0 Å². The summed E-state index contributed by atoms with van der Waals surface area (Å²) in [7, 11) is 7.50. The fourth-order valence-corrected chi connectivity index (χ4v) is 3.48. The van der Waals surface area contributed by atoms with Crippen LogP contribution in [0.4, 0.5) is 0 Å². The van der Waals surface area contributed by atoms with Crippen LogP contribution in [0.1, 0.15) is 5.56 Å². The third-order valence-electron chi connectivity index (χ3n) is 5.32. The van der Waals surface area contributed by atoms with Gasteiger partial charge in [-0.15, -0.1) is 0 Å². The van der Waals surface area contributed by atoms with Gasteiger partial charge in [0.25, 0.3) is 5.56 Å². The zero-order chi connectivity index (χ0) is 25.0. The van der Waals surface area contributed by atoms with Crippen molar-refractivity contribution in [2.24, 2.45) is 19.8 Å². The van der Waals surface area contributed by atoms with Crippen LogP contribution < -0.4 is 31.2 Å². The summed E-state index contributed by atoms with van der Waals surface area (Å²) in [5.74, 6) is 1.18. The third-order valence-corrected chi connectivity index (χ3v) is 5.32. The zero-order valence-electron chi connectivity index (χ0n) is 19.6. The number of aryl methyl sites for hydroxylation is 1. The molecule has 0 aliphatic carbocycles. The molecule has 3 rings (SSSR count). The molecule has 0 saturated carbocycles. The van der Waals surface area contributed by atoms with E-state index in [2.05, 4.69) is 4.98 Å². The first-order valence-electron chi connectivity index (χ1n) is 10.3. The number of nitrogens with zero attached hydrogens (tertiary/aromatic N) is 4. The summed E-state index contributed by atoms with van der Waals surface area (Å²) in [5.41, 5.74) is 6.30. The maximum Gasteiger partial charge on any atom is 0.332 e. The Kier molecular flexibility index (Phi) is 7.37. The van der Waals surface area contributed by atoms with E-state index in [0.29, 0.717) is 17.2 Å². The normalized spacial score (nSPS) is 12.5. The largest absolute Gasteiger partial charge is 0.493 e. The number of ketones is 1. The molecule has 34 heavy (non-hydrogen) atoms. The van der Waals surface area contributed by atoms with Gasteiger partial charge in [-0.3, -0.25) is 18.7 Å². The van der Waals surface area contributed by atoms with Crippen LogP contribution in [0, 0.1) is 0 Å². The van der Waals surface area contributed by atoms with Gasteiger partial charge in [-0.1, -0.05) is 18.2 Å². The maximum atomic E-state index is 12.5. The van der Waals surface area contributed by atoms with Crippen molar-refractivity contribution in [1.29, 1.82) is 0 Å². The Balaban J connectivity index is 1.75. The molecule has 11 heteroatoms. The highest BCUT2D eigenvalue weighted by molar-refractivity contribution is 5.94. The Hall–Kier alpha value is -4.12. The molecule has 0 bridgehead atoms. The van der Waals surface area contributed by atoms with Crippen LogP contribution in [-0.2, 0) is 25.4 Å². The molecule has 0 amide bonds. The average Bonchev–Trinajstić information content (AvgIpc) is 3.26. The lowest BCUT2D eigenvalue weighted by Gasteiger charge is -2.12. The lowest BCUT2D eigenvalue weighted by molar-refractivity contribution is -0.116. The molecule has 0 radical (unpaired) electrons. The van der Waals surface area contributed by atoms with Crippen molar-refractivity contribution in [3.05, 3.63) is 63.1 Å². The van der Waals surface area contributed by atoms with E-state index in [9.17, 15) is 14.4 Å². The van der Waals surface area contributed by atoms with Crippen LogP contribution in [0.3, 0.4) is 0 Å². The van der Waals surface area contributed by atoms with Crippen molar-refractivity contribution in [1.82, 2.24) is 18.7 Å². The molecule has 3 aromatic rings. The molecular weight excluding hydrogens is 442 g/mol. The third kappa shape index (κ3) is 4.64. The second kappa shape index (κ2) is 10.2. The van der Waals surface area contributed by atoms with Crippen molar-refractivity contribution < 1.29 is 19.0 Å². The Labute approximate surface area is 195 Å². The van der Waals surface area contributed by atoms with Crippen molar-refractivity contribution in [2.45, 2.75) is 12.6 Å². The summed E-state index contributed by atoms with van der Waals surface area (Å²) in [6.45, 7) is 0.0315. The highest BCUT2D eigenvalue weighted by atomic mass is 16.5. The van der Waals surface area contributed by atoms with Crippen LogP contribution in [0.2, 0.25) is 0 Å². The number of benzene rings is 1. The van der Waals surface area contributed by atoms with Gasteiger partial charge in [0.05, 0.1) is 33.7 Å². The molecule has 0 aliphatic rings. The number of hydrogen-bond acceptors (Lipinski definition) is 8. The Morgan fingerprint density at radius 1 is 1.06 bits per heavy atom. The second-order valence-corrected chi connectivity index (χ2v) is 7.46. The van der Waals surface area contributed by atoms with Gasteiger partial charge in [-0.05, 0) is 23.8 Å². The highest BCUT2D eigenvalue weighted by Crippen LogP contribution is 2.38. The van der Waals surface area contributed by atoms with Gasteiger partial charge in [0.15, 0.2) is 28.4 Å². The summed E-state index contributed by atoms with van der Waals surface area (Å²) < 4.78 is 19.7. The molecule has 1 atom stereocenters. The minimum Gasteiger partial charge on any atom is -0.493 e. The summed E-state index contributed by atoms with van der Waals surface area (Å²) in [6, 6.07) is 2.64. The van der Waals surface area contributed by atoms with Gasteiger partial charge in [-0.2, -0.15) is 0 Å². The molecule has 2 aromatic heterocycles. The number of allylic oxidation sites excluding steroid dienone is 2. The minimum atomic E-state index is -0.912. The van der Waals surface area contributed by atoms with Crippen molar-refractivity contribution in [3.63, 3.8) is 0 Å². The minimum absolute atomic E-state index is 0.0315. The number of hydrogen-bond donors (Lipinski definition) is 1. The van der Waals surface area contributed by atoms with E-state index in [-0.39, 0.29) is 23.5 Å². The fourth-order valence-electron chi connectivity index (χ4n) is 3.48. The number of methoxy groups -OCH3 is 3. The molecule has 0 fully saturated rings. The van der Waals surface area contributed by atoms with Gasteiger partial charge < -0.3 is 24.5 Å². The van der Waals surface area contributed by atoms with E-state index in [1.807, 2.05) is 0 Å². The van der Waals surface area contributed by atoms with Gasteiger partial charge >= 0.3 is 5.69 Å². The lowest BCUT2D eigenvalue weighted by atomic mass is 10.1. The van der Waals surface area contributed by atoms with Crippen molar-refractivity contribution in [3.8, 4) is 17.2 Å². The molecule has 0 saturated heterocycles. The molecule has 1 aromatic carbocycles. The highest BCUT2D eigenvalue weighted by Gasteiger charge is 2.18. The molecule has 1 unspecified atom stereocenters. The standard InChI is InChI=1S/C23H27N5O6/c1-26-21-19(22(30)27(2)23(26)31)28(13-25-21)12-15(24)16(29)9-7-6-8-14-10-17(32-3)20(34-5)18(11-14)33-4/h6-11,13,15H,12,24H2,1-5H3. The van der Waals surface area contributed by atoms with Crippen LogP contribution in [-0.4, -0.2) is 51.8 Å². The topological polar surface area (TPSA) is 133 Å². The van der Waals surface area contributed by atoms with Crippen LogP contribution in [0.5, 0.6) is 17.2 Å². The van der Waals surface area contributed by atoms with Crippen LogP contribution in [0.25, 0.3) is 17.2 Å². The Bertz CT molecular complexity index is 1370. The maximum absolute atomic E-state index is 12.5. The zero-order valence-corrected chi connectivity index (χ0v) is 19.6. The SMILES string of the molecule is COc1cc(C=CC=CC(=O)C(N)Cn2cnc3c2c(=O)n(C)c(=O)n3C)cc(OC)c1OC. The number of carbonyl (C=O) groups excluding carboxylic acids is 1. The van der Waals surface area contributed by atoms with E-state index in [0.717, 1.165) is 10.1 Å². The Morgan fingerprint density at radius 3 is 2.29 bits per heavy atom. The first-order chi connectivity index (χ1) is 16.2. The quantitative estimate of drug-likeness (QED) is 0.356. The monoisotopic (exact) mass is 469 g/mol. The molecule has 2 heterocycles. The molecule has 2 N–H and O–H groups in total. The summed E-state index contributed by atoms with van der Waals surface area (Å²) in [6.07, 6.45) is 7.77. The van der Waals surface area contributed by atoms with Gasteiger partial charge in [0, 0.05) is 20.6 Å². The Morgan fingerprint density at radius 2 is 1.71 bits per heavy atom. The number of rotatable bonds is 9. The molecule has 0 aliphatic heterocycles.